The van der Waals surface area contributed by atoms with Crippen molar-refractivity contribution in [2.24, 2.45) is 16.7 Å². The second-order valence-electron chi connectivity index (χ2n) is 9.27. The minimum absolute atomic E-state index is 0.0486. The number of ether oxygens (including phenoxy) is 1. The van der Waals surface area contributed by atoms with Crippen LogP contribution in [0.5, 0.6) is 0 Å². The van der Waals surface area contributed by atoms with Gasteiger partial charge in [-0.05, 0) is 42.7 Å². The van der Waals surface area contributed by atoms with Crippen molar-refractivity contribution in [1.82, 2.24) is 5.01 Å². The Bertz CT molecular complexity index is 858. The van der Waals surface area contributed by atoms with Crippen LogP contribution >= 0.6 is 11.8 Å². The Morgan fingerprint density at radius 3 is 2.60 bits per heavy atom. The van der Waals surface area contributed by atoms with Crippen molar-refractivity contribution in [3.8, 4) is 0 Å². The molecule has 2 aliphatic carbocycles. The van der Waals surface area contributed by atoms with Gasteiger partial charge in [0, 0.05) is 11.7 Å². The van der Waals surface area contributed by atoms with Crippen molar-refractivity contribution in [2.75, 3.05) is 17.9 Å². The maximum atomic E-state index is 13.9. The molecule has 0 unspecified atom stereocenters. The van der Waals surface area contributed by atoms with Crippen LogP contribution in [0.1, 0.15) is 46.5 Å². The number of hydrogen-bond acceptors (Lipinski definition) is 5. The van der Waals surface area contributed by atoms with E-state index in [1.165, 1.54) is 18.9 Å². The molecule has 2 amide bonds. The lowest BCUT2D eigenvalue weighted by atomic mass is 9.67. The molecule has 4 atom stereocenters. The number of carbonyl (C=O) groups is 3. The molecule has 0 aromatic heterocycles. The van der Waals surface area contributed by atoms with Gasteiger partial charge < -0.3 is 4.74 Å². The quantitative estimate of drug-likeness (QED) is 0.645. The standard InChI is InChI=1S/C23H30N2O4S/c1-15(30-14-20(27)29-4)12-19(26)25-18-13-16-10-11-23(18,22(16,2)3)21(28)24(25)17-8-6-5-7-9-17/h5-9,15-16,18H,10-14H2,1-4H3/t15-,16+,18+,23-/m0/s1. The number of amides is 2. The number of para-hydroxylation sites is 1. The lowest BCUT2D eigenvalue weighted by Crippen LogP contribution is -2.48. The first-order valence-electron chi connectivity index (χ1n) is 10.6. The molecule has 3 aliphatic rings. The zero-order valence-electron chi connectivity index (χ0n) is 18.1. The fraction of sp³-hybridized carbons (Fsp3) is 0.609. The Balaban J connectivity index is 1.64. The van der Waals surface area contributed by atoms with E-state index in [9.17, 15) is 14.4 Å². The summed E-state index contributed by atoms with van der Waals surface area (Å²) in [6, 6.07) is 9.40. The molecule has 30 heavy (non-hydrogen) atoms. The van der Waals surface area contributed by atoms with Crippen molar-refractivity contribution in [2.45, 2.75) is 57.7 Å². The van der Waals surface area contributed by atoms with Gasteiger partial charge in [-0.1, -0.05) is 39.0 Å². The topological polar surface area (TPSA) is 66.9 Å². The van der Waals surface area contributed by atoms with Gasteiger partial charge >= 0.3 is 5.97 Å². The maximum absolute atomic E-state index is 13.9. The third-order valence-corrected chi connectivity index (χ3v) is 8.79. The molecule has 7 heteroatoms. The molecule has 1 aromatic carbocycles. The Hall–Kier alpha value is -2.02. The van der Waals surface area contributed by atoms with Crippen LogP contribution in [0.25, 0.3) is 0 Å². The fourth-order valence-corrected chi connectivity index (χ4v) is 6.75. The second-order valence-corrected chi connectivity index (χ2v) is 10.7. The number of hydrogen-bond donors (Lipinski definition) is 0. The number of thioether (sulfide) groups is 1. The molecule has 6 nitrogen and oxygen atoms in total. The van der Waals surface area contributed by atoms with Gasteiger partial charge in [0.25, 0.3) is 5.91 Å². The summed E-state index contributed by atoms with van der Waals surface area (Å²) in [5, 5.41) is 3.36. The van der Waals surface area contributed by atoms with Crippen molar-refractivity contribution in [1.29, 1.82) is 0 Å². The van der Waals surface area contributed by atoms with Crippen molar-refractivity contribution >= 4 is 35.2 Å². The van der Waals surface area contributed by atoms with E-state index in [1.54, 1.807) is 10.0 Å². The average molecular weight is 431 g/mol. The summed E-state index contributed by atoms with van der Waals surface area (Å²) in [7, 11) is 1.36. The zero-order chi connectivity index (χ0) is 21.7. The number of fused-ring (bicyclic) bond motifs is 1. The Morgan fingerprint density at radius 1 is 1.27 bits per heavy atom. The first-order chi connectivity index (χ1) is 14.2. The number of methoxy groups -OCH3 is 1. The Labute approximate surface area is 182 Å². The lowest BCUT2D eigenvalue weighted by molar-refractivity contribution is -0.137. The number of carbonyl (C=O) groups excluding carboxylic acids is 3. The summed E-state index contributed by atoms with van der Waals surface area (Å²) in [4.78, 5) is 38.9. The van der Waals surface area contributed by atoms with Gasteiger partial charge in [0.2, 0.25) is 5.91 Å². The number of esters is 1. The van der Waals surface area contributed by atoms with Gasteiger partial charge in [-0.25, -0.2) is 10.0 Å². The van der Waals surface area contributed by atoms with Crippen molar-refractivity contribution < 1.29 is 19.1 Å². The molecule has 4 rings (SSSR count). The summed E-state index contributed by atoms with van der Waals surface area (Å²) in [5.41, 5.74) is 0.113. The van der Waals surface area contributed by atoms with Crippen LogP contribution in [0.3, 0.4) is 0 Å². The van der Waals surface area contributed by atoms with E-state index >= 15 is 0 Å². The predicted molar refractivity (Wildman–Crippen MR) is 117 cm³/mol. The molecule has 0 radical (unpaired) electrons. The molecular weight excluding hydrogens is 400 g/mol. The van der Waals surface area contributed by atoms with Crippen LogP contribution in [-0.4, -0.2) is 46.9 Å². The van der Waals surface area contributed by atoms with E-state index < -0.39 is 5.41 Å². The highest BCUT2D eigenvalue weighted by Gasteiger charge is 2.75. The normalized spacial score (nSPS) is 29.8. The first-order valence-corrected chi connectivity index (χ1v) is 11.7. The van der Waals surface area contributed by atoms with Gasteiger partial charge in [-0.3, -0.25) is 14.4 Å². The zero-order valence-corrected chi connectivity index (χ0v) is 18.9. The highest BCUT2D eigenvalue weighted by atomic mass is 32.2. The van der Waals surface area contributed by atoms with E-state index in [2.05, 4.69) is 13.8 Å². The highest BCUT2D eigenvalue weighted by Crippen LogP contribution is 2.70. The molecule has 1 saturated heterocycles. The summed E-state index contributed by atoms with van der Waals surface area (Å²) in [5.74, 6) is 0.393. The molecule has 162 valence electrons. The Kier molecular flexibility index (Phi) is 5.37. The Morgan fingerprint density at radius 2 is 1.97 bits per heavy atom. The summed E-state index contributed by atoms with van der Waals surface area (Å²) in [6.45, 7) is 6.35. The maximum Gasteiger partial charge on any atom is 0.315 e. The number of rotatable bonds is 6. The van der Waals surface area contributed by atoms with E-state index in [0.717, 1.165) is 24.9 Å². The molecule has 0 N–H and O–H groups in total. The highest BCUT2D eigenvalue weighted by molar-refractivity contribution is 8.00. The third-order valence-electron chi connectivity index (χ3n) is 7.65. The van der Waals surface area contributed by atoms with Crippen LogP contribution in [0, 0.1) is 16.7 Å². The largest absolute Gasteiger partial charge is 0.468 e. The van der Waals surface area contributed by atoms with Gasteiger partial charge in [-0.15, -0.1) is 11.8 Å². The SMILES string of the molecule is COC(=O)CS[C@@H](C)CC(=O)N1[C@@H]2C[C@H]3CC[C@]2(C(=O)N1c1ccccc1)C3(C)C. The first kappa shape index (κ1) is 21.2. The number of anilines is 1. The summed E-state index contributed by atoms with van der Waals surface area (Å²) < 4.78 is 4.70. The lowest BCUT2D eigenvalue weighted by Gasteiger charge is -2.35. The molecular formula is C23H30N2O4S. The number of hydrazine groups is 1. The minimum Gasteiger partial charge on any atom is -0.468 e. The summed E-state index contributed by atoms with van der Waals surface area (Å²) >= 11 is 1.41. The number of nitrogens with zero attached hydrogens (tertiary/aromatic N) is 2. The van der Waals surface area contributed by atoms with Gasteiger partial charge in [-0.2, -0.15) is 0 Å². The molecule has 2 saturated carbocycles. The molecule has 2 bridgehead atoms. The smallest absolute Gasteiger partial charge is 0.315 e. The van der Waals surface area contributed by atoms with Gasteiger partial charge in [0.15, 0.2) is 0 Å². The fourth-order valence-electron chi connectivity index (χ4n) is 5.95. The van der Waals surface area contributed by atoms with Crippen LogP contribution in [-0.2, 0) is 19.1 Å². The molecule has 1 aliphatic heterocycles. The predicted octanol–water partition coefficient (Wildman–Crippen LogP) is 3.66. The van der Waals surface area contributed by atoms with E-state index in [1.807, 2.05) is 37.3 Å². The van der Waals surface area contributed by atoms with E-state index in [0.29, 0.717) is 5.92 Å². The van der Waals surface area contributed by atoms with Gasteiger partial charge in [0.1, 0.15) is 0 Å². The van der Waals surface area contributed by atoms with Gasteiger partial charge in [0.05, 0.1) is 30.0 Å². The number of benzene rings is 1. The average Bonchev–Trinajstić information content (AvgIpc) is 3.25. The minimum atomic E-state index is -0.508. The molecule has 1 heterocycles. The molecule has 1 spiro atoms. The summed E-state index contributed by atoms with van der Waals surface area (Å²) in [6.07, 6.45) is 3.03. The van der Waals surface area contributed by atoms with Crippen LogP contribution in [0.2, 0.25) is 0 Å². The third kappa shape index (κ3) is 2.96. The molecule has 1 aromatic rings. The van der Waals surface area contributed by atoms with Crippen LogP contribution < -0.4 is 5.01 Å². The monoisotopic (exact) mass is 430 g/mol. The van der Waals surface area contributed by atoms with Crippen molar-refractivity contribution in [3.63, 3.8) is 0 Å². The van der Waals surface area contributed by atoms with Crippen LogP contribution in [0.4, 0.5) is 5.69 Å². The van der Waals surface area contributed by atoms with E-state index in [-0.39, 0.29) is 46.7 Å². The van der Waals surface area contributed by atoms with Crippen LogP contribution in [0.15, 0.2) is 30.3 Å². The molecule has 3 fully saturated rings. The van der Waals surface area contributed by atoms with E-state index in [4.69, 9.17) is 4.74 Å². The second kappa shape index (κ2) is 7.59. The van der Waals surface area contributed by atoms with Crippen molar-refractivity contribution in [3.05, 3.63) is 30.3 Å².